The van der Waals surface area contributed by atoms with Crippen molar-refractivity contribution in [1.82, 2.24) is 4.98 Å². The summed E-state index contributed by atoms with van der Waals surface area (Å²) in [5.74, 6) is 0. The fourth-order valence-corrected chi connectivity index (χ4v) is 2.22. The molecular formula is C14H18N2. The van der Waals surface area contributed by atoms with Crippen molar-refractivity contribution in [3.05, 3.63) is 35.0 Å². The van der Waals surface area contributed by atoms with E-state index < -0.39 is 0 Å². The van der Waals surface area contributed by atoms with Crippen molar-refractivity contribution in [3.63, 3.8) is 0 Å². The van der Waals surface area contributed by atoms with Gasteiger partial charge < -0.3 is 5.32 Å². The zero-order valence-electron chi connectivity index (χ0n) is 10.4. The van der Waals surface area contributed by atoms with Crippen LogP contribution >= 0.6 is 0 Å². The Kier molecular flexibility index (Phi) is 2.82. The number of pyridine rings is 1. The average Bonchev–Trinajstić information content (AvgIpc) is 2.15. The third-order valence-electron chi connectivity index (χ3n) is 2.75. The van der Waals surface area contributed by atoms with Gasteiger partial charge in [0.2, 0.25) is 0 Å². The van der Waals surface area contributed by atoms with E-state index in [1.807, 2.05) is 6.92 Å². The molecule has 0 radical (unpaired) electrons. The van der Waals surface area contributed by atoms with Crippen LogP contribution in [0.15, 0.2) is 18.2 Å². The second kappa shape index (κ2) is 4.12. The van der Waals surface area contributed by atoms with E-state index in [-0.39, 0.29) is 0 Å². The van der Waals surface area contributed by atoms with Crippen molar-refractivity contribution in [3.8, 4) is 0 Å². The summed E-state index contributed by atoms with van der Waals surface area (Å²) in [4.78, 5) is 4.60. The van der Waals surface area contributed by atoms with Crippen molar-refractivity contribution >= 4 is 16.6 Å². The molecule has 84 valence electrons. The summed E-state index contributed by atoms with van der Waals surface area (Å²) in [5.41, 5.74) is 5.91. The van der Waals surface area contributed by atoms with Crippen LogP contribution in [0, 0.1) is 20.8 Å². The maximum Gasteiger partial charge on any atom is 0.0731 e. The molecule has 0 aliphatic carbocycles. The predicted molar refractivity (Wildman–Crippen MR) is 70.1 cm³/mol. The first-order valence-electron chi connectivity index (χ1n) is 5.74. The molecule has 1 N–H and O–H groups in total. The number of nitrogens with zero attached hydrogens (tertiary/aromatic N) is 1. The van der Waals surface area contributed by atoms with Crippen LogP contribution in [-0.2, 0) is 0 Å². The fraction of sp³-hybridized carbons (Fsp3) is 0.357. The number of fused-ring (bicyclic) bond motifs is 1. The SMILES string of the molecule is CCNc1cc(C)nc2cc(C)cc(C)c12. The Morgan fingerprint density at radius 2 is 1.88 bits per heavy atom. The molecule has 2 nitrogen and oxygen atoms in total. The van der Waals surface area contributed by atoms with Crippen molar-refractivity contribution in [1.29, 1.82) is 0 Å². The topological polar surface area (TPSA) is 24.9 Å². The lowest BCUT2D eigenvalue weighted by atomic mass is 10.0. The number of anilines is 1. The standard InChI is InChI=1S/C14H18N2/c1-5-15-12-8-11(4)16-13-7-9(2)6-10(3)14(12)13/h6-8H,5H2,1-4H3,(H,15,16). The van der Waals surface area contributed by atoms with E-state index in [4.69, 9.17) is 0 Å². The van der Waals surface area contributed by atoms with Gasteiger partial charge in [-0.05, 0) is 51.0 Å². The molecule has 0 unspecified atom stereocenters. The maximum absolute atomic E-state index is 4.60. The van der Waals surface area contributed by atoms with Gasteiger partial charge in [0.1, 0.15) is 0 Å². The van der Waals surface area contributed by atoms with E-state index in [1.165, 1.54) is 22.2 Å². The van der Waals surface area contributed by atoms with Crippen molar-refractivity contribution in [2.75, 3.05) is 11.9 Å². The minimum absolute atomic E-state index is 0.936. The molecule has 2 rings (SSSR count). The Hall–Kier alpha value is -1.57. The average molecular weight is 214 g/mol. The highest BCUT2D eigenvalue weighted by Gasteiger charge is 2.06. The van der Waals surface area contributed by atoms with Gasteiger partial charge in [-0.1, -0.05) is 6.07 Å². The highest BCUT2D eigenvalue weighted by Crippen LogP contribution is 2.27. The van der Waals surface area contributed by atoms with Crippen molar-refractivity contribution in [2.24, 2.45) is 0 Å². The molecule has 16 heavy (non-hydrogen) atoms. The van der Waals surface area contributed by atoms with Crippen LogP contribution in [-0.4, -0.2) is 11.5 Å². The Labute approximate surface area is 96.7 Å². The molecule has 2 aromatic rings. The Morgan fingerprint density at radius 3 is 2.56 bits per heavy atom. The molecule has 1 aromatic heterocycles. The van der Waals surface area contributed by atoms with E-state index in [9.17, 15) is 0 Å². The largest absolute Gasteiger partial charge is 0.385 e. The van der Waals surface area contributed by atoms with Crippen molar-refractivity contribution in [2.45, 2.75) is 27.7 Å². The molecule has 2 heteroatoms. The quantitative estimate of drug-likeness (QED) is 0.826. The highest BCUT2D eigenvalue weighted by molar-refractivity contribution is 5.94. The number of hydrogen-bond acceptors (Lipinski definition) is 2. The highest BCUT2D eigenvalue weighted by atomic mass is 14.9. The molecule has 0 amide bonds. The monoisotopic (exact) mass is 214 g/mol. The van der Waals surface area contributed by atoms with Crippen LogP contribution in [0.5, 0.6) is 0 Å². The van der Waals surface area contributed by atoms with Gasteiger partial charge in [-0.3, -0.25) is 4.98 Å². The Bertz CT molecular complexity index is 524. The third-order valence-corrected chi connectivity index (χ3v) is 2.75. The van der Waals surface area contributed by atoms with Crippen LogP contribution in [0.2, 0.25) is 0 Å². The van der Waals surface area contributed by atoms with Gasteiger partial charge in [0.25, 0.3) is 0 Å². The summed E-state index contributed by atoms with van der Waals surface area (Å²) in [6.45, 7) is 9.35. The van der Waals surface area contributed by atoms with E-state index in [2.05, 4.69) is 49.3 Å². The molecule has 0 fully saturated rings. The molecule has 0 atom stereocenters. The summed E-state index contributed by atoms with van der Waals surface area (Å²) < 4.78 is 0. The Balaban J connectivity index is 2.78. The zero-order valence-corrected chi connectivity index (χ0v) is 10.4. The maximum atomic E-state index is 4.60. The number of nitrogens with one attached hydrogen (secondary N) is 1. The lowest BCUT2D eigenvalue weighted by Gasteiger charge is -2.12. The molecular weight excluding hydrogens is 196 g/mol. The van der Waals surface area contributed by atoms with Crippen LogP contribution < -0.4 is 5.32 Å². The van der Waals surface area contributed by atoms with E-state index >= 15 is 0 Å². The van der Waals surface area contributed by atoms with Crippen LogP contribution in [0.1, 0.15) is 23.7 Å². The normalized spacial score (nSPS) is 10.8. The van der Waals surface area contributed by atoms with Gasteiger partial charge >= 0.3 is 0 Å². The third kappa shape index (κ3) is 1.87. The number of benzene rings is 1. The predicted octanol–water partition coefficient (Wildman–Crippen LogP) is 3.59. The van der Waals surface area contributed by atoms with Gasteiger partial charge in [-0.15, -0.1) is 0 Å². The van der Waals surface area contributed by atoms with Gasteiger partial charge in [0, 0.05) is 23.3 Å². The molecule has 0 saturated carbocycles. The summed E-state index contributed by atoms with van der Waals surface area (Å²) in [5, 5.41) is 4.66. The van der Waals surface area contributed by atoms with E-state index in [0.29, 0.717) is 0 Å². The van der Waals surface area contributed by atoms with Crippen LogP contribution in [0.3, 0.4) is 0 Å². The lowest BCUT2D eigenvalue weighted by molar-refractivity contribution is 1.19. The van der Waals surface area contributed by atoms with Crippen LogP contribution in [0.25, 0.3) is 10.9 Å². The molecule has 1 heterocycles. The summed E-state index contributed by atoms with van der Waals surface area (Å²) in [6.07, 6.45) is 0. The molecule has 0 saturated heterocycles. The number of rotatable bonds is 2. The van der Waals surface area contributed by atoms with E-state index in [0.717, 1.165) is 17.8 Å². The molecule has 0 bridgehead atoms. The molecule has 1 aromatic carbocycles. The fourth-order valence-electron chi connectivity index (χ4n) is 2.22. The molecule has 0 spiro atoms. The minimum atomic E-state index is 0.936. The van der Waals surface area contributed by atoms with Crippen molar-refractivity contribution < 1.29 is 0 Å². The Morgan fingerprint density at radius 1 is 1.12 bits per heavy atom. The van der Waals surface area contributed by atoms with Gasteiger partial charge in [0.15, 0.2) is 0 Å². The smallest absolute Gasteiger partial charge is 0.0731 e. The van der Waals surface area contributed by atoms with Gasteiger partial charge in [-0.25, -0.2) is 0 Å². The number of hydrogen-bond donors (Lipinski definition) is 1. The lowest BCUT2D eigenvalue weighted by Crippen LogP contribution is -2.00. The molecule has 0 aliphatic rings. The first-order chi connectivity index (χ1) is 7.61. The number of aromatic nitrogens is 1. The first kappa shape index (κ1) is 10.9. The van der Waals surface area contributed by atoms with E-state index in [1.54, 1.807) is 0 Å². The minimum Gasteiger partial charge on any atom is -0.385 e. The summed E-state index contributed by atoms with van der Waals surface area (Å²) in [7, 11) is 0. The number of aryl methyl sites for hydroxylation is 3. The second-order valence-electron chi connectivity index (χ2n) is 4.32. The summed E-state index contributed by atoms with van der Waals surface area (Å²) in [6, 6.07) is 6.48. The summed E-state index contributed by atoms with van der Waals surface area (Å²) >= 11 is 0. The van der Waals surface area contributed by atoms with Gasteiger partial charge in [0.05, 0.1) is 5.52 Å². The van der Waals surface area contributed by atoms with Gasteiger partial charge in [-0.2, -0.15) is 0 Å². The second-order valence-corrected chi connectivity index (χ2v) is 4.32. The first-order valence-corrected chi connectivity index (χ1v) is 5.74. The van der Waals surface area contributed by atoms with Crippen LogP contribution in [0.4, 0.5) is 5.69 Å². The zero-order chi connectivity index (χ0) is 11.7. The molecule has 0 aliphatic heterocycles.